The minimum absolute atomic E-state index is 0. The zero-order chi connectivity index (χ0) is 19.2. The summed E-state index contributed by atoms with van der Waals surface area (Å²) in [5.41, 5.74) is 2.06. The van der Waals surface area contributed by atoms with Crippen molar-refractivity contribution in [1.29, 1.82) is 0 Å². The molecule has 0 saturated carbocycles. The molecule has 0 atom stereocenters. The smallest absolute Gasteiger partial charge is 0.194 e. The van der Waals surface area contributed by atoms with Gasteiger partial charge in [0.1, 0.15) is 11.5 Å². The maximum Gasteiger partial charge on any atom is 0.194 e. The van der Waals surface area contributed by atoms with Gasteiger partial charge in [-0.15, -0.1) is 24.0 Å². The minimum Gasteiger partial charge on any atom is -0.357 e. The van der Waals surface area contributed by atoms with Gasteiger partial charge < -0.3 is 19.5 Å². The Morgan fingerprint density at radius 3 is 2.66 bits per heavy atom. The second-order valence-corrected chi connectivity index (χ2v) is 6.85. The van der Waals surface area contributed by atoms with Gasteiger partial charge in [-0.1, -0.05) is 12.1 Å². The monoisotopic (exact) mass is 505 g/mol. The van der Waals surface area contributed by atoms with Gasteiger partial charge >= 0.3 is 0 Å². The summed E-state index contributed by atoms with van der Waals surface area (Å²) in [4.78, 5) is 18.6. The van der Waals surface area contributed by atoms with Crippen molar-refractivity contribution in [2.24, 2.45) is 4.99 Å². The molecule has 1 aliphatic heterocycles. The molecule has 0 spiro atoms. The SMILES string of the molecule is CCNC(=NCCc1cn2ccccc2n1)N1CCN(c2ccccn2)CC1.I. The number of nitrogens with zero attached hydrogens (tertiary/aromatic N) is 6. The molecule has 7 nitrogen and oxygen atoms in total. The number of aromatic nitrogens is 3. The first-order valence-electron chi connectivity index (χ1n) is 9.95. The topological polar surface area (TPSA) is 61.1 Å². The maximum atomic E-state index is 4.85. The second-order valence-electron chi connectivity index (χ2n) is 6.85. The maximum absolute atomic E-state index is 4.85. The van der Waals surface area contributed by atoms with Crippen LogP contribution in [0.3, 0.4) is 0 Å². The third-order valence-corrected chi connectivity index (χ3v) is 4.93. The zero-order valence-corrected chi connectivity index (χ0v) is 19.1. The van der Waals surface area contributed by atoms with Crippen molar-refractivity contribution >= 4 is 41.4 Å². The number of pyridine rings is 2. The van der Waals surface area contributed by atoms with Crippen LogP contribution in [0.4, 0.5) is 5.82 Å². The summed E-state index contributed by atoms with van der Waals surface area (Å²) in [5, 5.41) is 3.44. The largest absolute Gasteiger partial charge is 0.357 e. The lowest BCUT2D eigenvalue weighted by Gasteiger charge is -2.37. The summed E-state index contributed by atoms with van der Waals surface area (Å²) in [6.07, 6.45) is 6.81. The number of aliphatic imine (C=N–C) groups is 1. The minimum atomic E-state index is 0. The third-order valence-electron chi connectivity index (χ3n) is 4.93. The van der Waals surface area contributed by atoms with Crippen LogP contribution < -0.4 is 10.2 Å². The Balaban J connectivity index is 0.00000240. The van der Waals surface area contributed by atoms with Crippen LogP contribution >= 0.6 is 24.0 Å². The van der Waals surface area contributed by atoms with E-state index in [1.54, 1.807) is 0 Å². The van der Waals surface area contributed by atoms with Crippen LogP contribution in [-0.4, -0.2) is 64.5 Å². The summed E-state index contributed by atoms with van der Waals surface area (Å²) in [5.74, 6) is 2.04. The fourth-order valence-corrected chi connectivity index (χ4v) is 3.50. The number of halogens is 1. The lowest BCUT2D eigenvalue weighted by Crippen LogP contribution is -2.52. The second kappa shape index (κ2) is 10.4. The van der Waals surface area contributed by atoms with Gasteiger partial charge in [0.2, 0.25) is 0 Å². The van der Waals surface area contributed by atoms with Gasteiger partial charge in [0.25, 0.3) is 0 Å². The van der Waals surface area contributed by atoms with Crippen LogP contribution in [0.25, 0.3) is 5.65 Å². The summed E-state index contributed by atoms with van der Waals surface area (Å²) in [7, 11) is 0. The molecule has 0 aliphatic carbocycles. The average molecular weight is 505 g/mol. The van der Waals surface area contributed by atoms with E-state index in [9.17, 15) is 0 Å². The van der Waals surface area contributed by atoms with Crippen LogP contribution in [0.15, 0.2) is 60.0 Å². The summed E-state index contributed by atoms with van der Waals surface area (Å²) < 4.78 is 2.06. The molecule has 154 valence electrons. The number of hydrogen-bond acceptors (Lipinski definition) is 4. The highest BCUT2D eigenvalue weighted by atomic mass is 127. The first kappa shape index (κ1) is 21.4. The summed E-state index contributed by atoms with van der Waals surface area (Å²) >= 11 is 0. The Labute approximate surface area is 188 Å². The molecule has 0 aromatic carbocycles. The van der Waals surface area contributed by atoms with Crippen LogP contribution in [-0.2, 0) is 6.42 Å². The first-order valence-corrected chi connectivity index (χ1v) is 9.95. The predicted octanol–water partition coefficient (Wildman–Crippen LogP) is 2.68. The van der Waals surface area contributed by atoms with Crippen LogP contribution in [0.1, 0.15) is 12.6 Å². The molecular weight excluding hydrogens is 477 g/mol. The van der Waals surface area contributed by atoms with Gasteiger partial charge in [-0.25, -0.2) is 9.97 Å². The van der Waals surface area contributed by atoms with E-state index in [4.69, 9.17) is 4.99 Å². The van der Waals surface area contributed by atoms with E-state index in [2.05, 4.69) is 48.7 Å². The fourth-order valence-electron chi connectivity index (χ4n) is 3.50. The molecule has 4 rings (SSSR count). The molecular formula is C21H28IN7. The van der Waals surface area contributed by atoms with Crippen molar-refractivity contribution in [1.82, 2.24) is 24.6 Å². The Morgan fingerprint density at radius 2 is 1.93 bits per heavy atom. The van der Waals surface area contributed by atoms with E-state index in [1.807, 2.05) is 42.7 Å². The van der Waals surface area contributed by atoms with Crippen molar-refractivity contribution in [3.05, 3.63) is 60.7 Å². The zero-order valence-electron chi connectivity index (χ0n) is 16.7. The van der Waals surface area contributed by atoms with Gasteiger partial charge in [-0.3, -0.25) is 4.99 Å². The number of imidazole rings is 1. The van der Waals surface area contributed by atoms with Crippen LogP contribution in [0.5, 0.6) is 0 Å². The molecule has 1 saturated heterocycles. The van der Waals surface area contributed by atoms with Gasteiger partial charge in [0.05, 0.1) is 5.69 Å². The molecule has 0 amide bonds. The van der Waals surface area contributed by atoms with Crippen molar-refractivity contribution in [3.8, 4) is 0 Å². The van der Waals surface area contributed by atoms with E-state index in [1.165, 1.54) is 0 Å². The highest BCUT2D eigenvalue weighted by Crippen LogP contribution is 2.12. The van der Waals surface area contributed by atoms with E-state index in [0.29, 0.717) is 0 Å². The third kappa shape index (κ3) is 5.37. The Hall–Kier alpha value is -2.36. The molecule has 4 heterocycles. The van der Waals surface area contributed by atoms with Gasteiger partial charge in [0, 0.05) is 64.3 Å². The normalized spacial score (nSPS) is 14.7. The van der Waals surface area contributed by atoms with Crippen LogP contribution in [0.2, 0.25) is 0 Å². The molecule has 1 N–H and O–H groups in total. The van der Waals surface area contributed by atoms with E-state index in [0.717, 1.165) is 68.8 Å². The Bertz CT molecular complexity index is 884. The standard InChI is InChI=1S/C21H27N7.HI/c1-2-22-21(24-11-9-18-17-28-12-6-4-8-20(28)25-18)27-15-13-26(14-16-27)19-7-3-5-10-23-19;/h3-8,10,12,17H,2,9,11,13-16H2,1H3,(H,22,24);1H. The molecule has 0 radical (unpaired) electrons. The molecule has 1 fully saturated rings. The molecule has 1 aliphatic rings. The Morgan fingerprint density at radius 1 is 1.10 bits per heavy atom. The molecule has 0 unspecified atom stereocenters. The molecule has 0 bridgehead atoms. The van der Waals surface area contributed by atoms with Crippen LogP contribution in [0, 0.1) is 0 Å². The fraction of sp³-hybridized carbons (Fsp3) is 0.381. The molecule has 3 aromatic rings. The van der Waals surface area contributed by atoms with Gasteiger partial charge in [-0.2, -0.15) is 0 Å². The number of piperazine rings is 1. The average Bonchev–Trinajstić information content (AvgIpc) is 3.17. The highest BCUT2D eigenvalue weighted by Gasteiger charge is 2.20. The predicted molar refractivity (Wildman–Crippen MR) is 128 cm³/mol. The number of hydrogen-bond donors (Lipinski definition) is 1. The molecule has 3 aromatic heterocycles. The van der Waals surface area contributed by atoms with Gasteiger partial charge in [0.15, 0.2) is 5.96 Å². The number of anilines is 1. The Kier molecular flexibility index (Phi) is 7.68. The van der Waals surface area contributed by atoms with E-state index in [-0.39, 0.29) is 24.0 Å². The van der Waals surface area contributed by atoms with Crippen molar-refractivity contribution in [2.45, 2.75) is 13.3 Å². The van der Waals surface area contributed by atoms with Crippen molar-refractivity contribution in [3.63, 3.8) is 0 Å². The lowest BCUT2D eigenvalue weighted by atomic mass is 10.3. The van der Waals surface area contributed by atoms with E-state index < -0.39 is 0 Å². The quantitative estimate of drug-likeness (QED) is 0.328. The number of rotatable bonds is 5. The van der Waals surface area contributed by atoms with Crippen molar-refractivity contribution < 1.29 is 0 Å². The molecule has 29 heavy (non-hydrogen) atoms. The van der Waals surface area contributed by atoms with E-state index >= 15 is 0 Å². The molecule has 8 heteroatoms. The summed E-state index contributed by atoms with van der Waals surface area (Å²) in [6.45, 7) is 7.50. The number of fused-ring (bicyclic) bond motifs is 1. The number of guanidine groups is 1. The number of nitrogens with one attached hydrogen (secondary N) is 1. The van der Waals surface area contributed by atoms with Gasteiger partial charge in [-0.05, 0) is 31.2 Å². The lowest BCUT2D eigenvalue weighted by molar-refractivity contribution is 0.371. The highest BCUT2D eigenvalue weighted by molar-refractivity contribution is 14.0. The summed E-state index contributed by atoms with van der Waals surface area (Å²) in [6, 6.07) is 12.1. The first-order chi connectivity index (χ1) is 13.8. The van der Waals surface area contributed by atoms with Crippen molar-refractivity contribution in [2.75, 3.05) is 44.2 Å².